The van der Waals surface area contributed by atoms with Crippen molar-refractivity contribution in [3.05, 3.63) is 69.7 Å². The number of ether oxygens (including phenoxy) is 2. The average molecular weight is 434 g/mol. The van der Waals surface area contributed by atoms with E-state index in [4.69, 9.17) is 37.8 Å². The molecule has 0 aliphatic carbocycles. The number of rotatable bonds is 6. The molecule has 0 fully saturated rings. The maximum absolute atomic E-state index is 12.3. The van der Waals surface area contributed by atoms with Crippen LogP contribution in [0.1, 0.15) is 15.9 Å². The van der Waals surface area contributed by atoms with Gasteiger partial charge in [-0.15, -0.1) is 0 Å². The highest BCUT2D eigenvalue weighted by molar-refractivity contribution is 6.39. The molecule has 0 aliphatic heterocycles. The van der Waals surface area contributed by atoms with E-state index in [1.807, 2.05) is 0 Å². The van der Waals surface area contributed by atoms with Crippen LogP contribution in [0.2, 0.25) is 10.0 Å². The monoisotopic (exact) mass is 433 g/mol. The Bertz CT molecular complexity index is 1070. The SMILES string of the molecule is COC(=O)c1cc(OCC(=O)Nc2ccc(CO)cc2)c2c(Cl)cc(Cl)cc2c1. The van der Waals surface area contributed by atoms with E-state index in [2.05, 4.69) is 5.32 Å². The number of anilines is 1. The molecule has 3 aromatic rings. The first-order chi connectivity index (χ1) is 13.9. The topological polar surface area (TPSA) is 84.9 Å². The first-order valence-electron chi connectivity index (χ1n) is 8.55. The van der Waals surface area contributed by atoms with Gasteiger partial charge in [0.05, 0.1) is 24.3 Å². The van der Waals surface area contributed by atoms with E-state index in [1.54, 1.807) is 42.5 Å². The number of hydrogen-bond donors (Lipinski definition) is 2. The summed E-state index contributed by atoms with van der Waals surface area (Å²) in [6.07, 6.45) is 0. The zero-order valence-corrected chi connectivity index (χ0v) is 16.9. The lowest BCUT2D eigenvalue weighted by Gasteiger charge is -2.13. The molecule has 0 saturated heterocycles. The van der Waals surface area contributed by atoms with E-state index in [0.29, 0.717) is 26.5 Å². The number of aliphatic hydroxyl groups is 1. The summed E-state index contributed by atoms with van der Waals surface area (Å²) in [6, 6.07) is 13.0. The van der Waals surface area contributed by atoms with E-state index >= 15 is 0 Å². The molecule has 3 rings (SSSR count). The molecule has 6 nitrogen and oxygen atoms in total. The van der Waals surface area contributed by atoms with Gasteiger partial charge < -0.3 is 19.9 Å². The van der Waals surface area contributed by atoms with Gasteiger partial charge in [0.2, 0.25) is 0 Å². The van der Waals surface area contributed by atoms with Crippen LogP contribution in [-0.4, -0.2) is 30.7 Å². The highest BCUT2D eigenvalue weighted by Gasteiger charge is 2.16. The van der Waals surface area contributed by atoms with Crippen molar-refractivity contribution in [2.24, 2.45) is 0 Å². The Labute approximate surface area is 176 Å². The molecular formula is C21H17Cl2NO5. The molecule has 0 saturated carbocycles. The highest BCUT2D eigenvalue weighted by atomic mass is 35.5. The number of amides is 1. The third-order valence-corrected chi connectivity index (χ3v) is 4.65. The van der Waals surface area contributed by atoms with Crippen LogP contribution in [0.3, 0.4) is 0 Å². The second-order valence-electron chi connectivity index (χ2n) is 6.14. The lowest BCUT2D eigenvalue weighted by molar-refractivity contribution is -0.118. The molecule has 1 amide bonds. The zero-order chi connectivity index (χ0) is 21.0. The lowest BCUT2D eigenvalue weighted by atomic mass is 10.1. The number of aliphatic hydroxyl groups excluding tert-OH is 1. The first kappa shape index (κ1) is 20.9. The van der Waals surface area contributed by atoms with Crippen LogP contribution in [0.15, 0.2) is 48.5 Å². The minimum atomic E-state index is -0.554. The normalized spacial score (nSPS) is 10.6. The van der Waals surface area contributed by atoms with Gasteiger partial charge in [0, 0.05) is 16.1 Å². The van der Waals surface area contributed by atoms with E-state index in [9.17, 15) is 9.59 Å². The Morgan fingerprint density at radius 1 is 1.07 bits per heavy atom. The van der Waals surface area contributed by atoms with Gasteiger partial charge >= 0.3 is 5.97 Å². The fourth-order valence-corrected chi connectivity index (χ4v) is 3.38. The van der Waals surface area contributed by atoms with Crippen LogP contribution in [-0.2, 0) is 16.1 Å². The van der Waals surface area contributed by atoms with Crippen molar-refractivity contribution < 1.29 is 24.2 Å². The molecule has 29 heavy (non-hydrogen) atoms. The van der Waals surface area contributed by atoms with Gasteiger partial charge in [-0.25, -0.2) is 4.79 Å². The number of hydrogen-bond acceptors (Lipinski definition) is 5. The van der Waals surface area contributed by atoms with Crippen molar-refractivity contribution in [2.75, 3.05) is 19.0 Å². The zero-order valence-electron chi connectivity index (χ0n) is 15.4. The molecule has 0 atom stereocenters. The summed E-state index contributed by atoms with van der Waals surface area (Å²) < 4.78 is 10.4. The standard InChI is InChI=1S/C21H17Cl2NO5/c1-28-21(27)14-6-13-7-15(22)9-17(23)20(13)18(8-14)29-11-19(26)24-16-4-2-12(10-25)3-5-16/h2-9,25H,10-11H2,1H3,(H,24,26). The number of nitrogens with one attached hydrogen (secondary N) is 1. The number of benzene rings is 3. The van der Waals surface area contributed by atoms with Gasteiger partial charge in [0.1, 0.15) is 5.75 Å². The molecule has 0 radical (unpaired) electrons. The number of fused-ring (bicyclic) bond motifs is 1. The summed E-state index contributed by atoms with van der Waals surface area (Å²) in [5, 5.41) is 13.6. The van der Waals surface area contributed by atoms with Crippen molar-refractivity contribution in [2.45, 2.75) is 6.61 Å². The highest BCUT2D eigenvalue weighted by Crippen LogP contribution is 2.36. The van der Waals surface area contributed by atoms with Crippen LogP contribution in [0.5, 0.6) is 5.75 Å². The molecular weight excluding hydrogens is 417 g/mol. The van der Waals surface area contributed by atoms with Crippen molar-refractivity contribution in [3.63, 3.8) is 0 Å². The second-order valence-corrected chi connectivity index (χ2v) is 6.99. The molecule has 0 unspecified atom stereocenters. The van der Waals surface area contributed by atoms with Crippen LogP contribution >= 0.6 is 23.2 Å². The van der Waals surface area contributed by atoms with Gasteiger partial charge in [-0.05, 0) is 47.3 Å². The van der Waals surface area contributed by atoms with Crippen molar-refractivity contribution >= 4 is 51.5 Å². The molecule has 8 heteroatoms. The summed E-state index contributed by atoms with van der Waals surface area (Å²) in [4.78, 5) is 24.2. The number of carbonyl (C=O) groups is 2. The quantitative estimate of drug-likeness (QED) is 0.561. The number of methoxy groups -OCH3 is 1. The molecule has 0 heterocycles. The largest absolute Gasteiger partial charge is 0.483 e. The Hall–Kier alpha value is -2.80. The predicted octanol–water partition coefficient (Wildman–Crippen LogP) is 4.44. The van der Waals surface area contributed by atoms with E-state index in [-0.39, 0.29) is 24.5 Å². The molecule has 3 aromatic carbocycles. The third kappa shape index (κ3) is 4.98. The van der Waals surface area contributed by atoms with Crippen molar-refractivity contribution in [3.8, 4) is 5.75 Å². The number of esters is 1. The van der Waals surface area contributed by atoms with Gasteiger partial charge in [-0.2, -0.15) is 0 Å². The second kappa shape index (κ2) is 9.13. The van der Waals surface area contributed by atoms with Crippen LogP contribution < -0.4 is 10.1 Å². The molecule has 0 aromatic heterocycles. The molecule has 150 valence electrons. The maximum atomic E-state index is 12.3. The first-order valence-corrected chi connectivity index (χ1v) is 9.30. The summed E-state index contributed by atoms with van der Waals surface area (Å²) >= 11 is 12.4. The molecule has 0 aliphatic rings. The average Bonchev–Trinajstić information content (AvgIpc) is 2.71. The molecule has 2 N–H and O–H groups in total. The van der Waals surface area contributed by atoms with Gasteiger partial charge in [-0.1, -0.05) is 35.3 Å². The van der Waals surface area contributed by atoms with Crippen molar-refractivity contribution in [1.29, 1.82) is 0 Å². The van der Waals surface area contributed by atoms with Gasteiger partial charge in [0.15, 0.2) is 6.61 Å². The minimum absolute atomic E-state index is 0.0777. The fourth-order valence-electron chi connectivity index (χ4n) is 2.77. The minimum Gasteiger partial charge on any atom is -0.483 e. The predicted molar refractivity (Wildman–Crippen MR) is 112 cm³/mol. The third-order valence-electron chi connectivity index (χ3n) is 4.13. The van der Waals surface area contributed by atoms with Crippen molar-refractivity contribution in [1.82, 2.24) is 0 Å². The van der Waals surface area contributed by atoms with E-state index < -0.39 is 11.9 Å². The maximum Gasteiger partial charge on any atom is 0.338 e. The Morgan fingerprint density at radius 3 is 2.45 bits per heavy atom. The Morgan fingerprint density at radius 2 is 1.79 bits per heavy atom. The van der Waals surface area contributed by atoms with Crippen LogP contribution in [0.25, 0.3) is 10.8 Å². The van der Waals surface area contributed by atoms with Crippen LogP contribution in [0, 0.1) is 0 Å². The number of carbonyl (C=O) groups excluding carboxylic acids is 2. The molecule has 0 spiro atoms. The summed E-state index contributed by atoms with van der Waals surface area (Å²) in [7, 11) is 1.27. The van der Waals surface area contributed by atoms with Gasteiger partial charge in [0.25, 0.3) is 5.91 Å². The fraction of sp³-hybridized carbons (Fsp3) is 0.143. The smallest absolute Gasteiger partial charge is 0.338 e. The molecule has 0 bridgehead atoms. The van der Waals surface area contributed by atoms with Crippen LogP contribution in [0.4, 0.5) is 5.69 Å². The van der Waals surface area contributed by atoms with E-state index in [0.717, 1.165) is 5.56 Å². The summed E-state index contributed by atoms with van der Waals surface area (Å²) in [5.74, 6) is -0.694. The Balaban J connectivity index is 1.84. The Kier molecular flexibility index (Phi) is 6.59. The number of halogens is 2. The van der Waals surface area contributed by atoms with E-state index in [1.165, 1.54) is 13.2 Å². The summed E-state index contributed by atoms with van der Waals surface area (Å²) in [5.41, 5.74) is 1.54. The summed E-state index contributed by atoms with van der Waals surface area (Å²) in [6.45, 7) is -0.383. The van der Waals surface area contributed by atoms with Gasteiger partial charge in [-0.3, -0.25) is 4.79 Å². The lowest BCUT2D eigenvalue weighted by Crippen LogP contribution is -2.20.